The third kappa shape index (κ3) is 3.70. The standard InChI is InChI=1S/C14H20N2S2/c1-4-5-10-14(2,3)16-18-13-15-11-8-6-7-9-12(11)17-13/h6-9,16H,4-5,10H2,1-3H3. The molecule has 0 aliphatic carbocycles. The van der Waals surface area contributed by atoms with E-state index in [2.05, 4.69) is 48.7 Å². The topological polar surface area (TPSA) is 24.9 Å². The van der Waals surface area contributed by atoms with E-state index in [1.54, 1.807) is 23.3 Å². The number of nitrogens with one attached hydrogen (secondary N) is 1. The first-order valence-electron chi connectivity index (χ1n) is 6.40. The van der Waals surface area contributed by atoms with Crippen LogP contribution in [0.15, 0.2) is 28.6 Å². The van der Waals surface area contributed by atoms with Gasteiger partial charge in [-0.3, -0.25) is 4.72 Å². The van der Waals surface area contributed by atoms with E-state index < -0.39 is 0 Å². The zero-order valence-corrected chi connectivity index (χ0v) is 12.8. The summed E-state index contributed by atoms with van der Waals surface area (Å²) in [6, 6.07) is 8.29. The minimum Gasteiger partial charge on any atom is -0.252 e. The van der Waals surface area contributed by atoms with Gasteiger partial charge in [0.1, 0.15) is 0 Å². The van der Waals surface area contributed by atoms with E-state index in [0.717, 1.165) is 9.86 Å². The van der Waals surface area contributed by atoms with E-state index in [-0.39, 0.29) is 5.54 Å². The molecule has 0 aliphatic rings. The molecule has 0 radical (unpaired) electrons. The van der Waals surface area contributed by atoms with Gasteiger partial charge >= 0.3 is 0 Å². The van der Waals surface area contributed by atoms with Gasteiger partial charge in [0.05, 0.1) is 10.2 Å². The van der Waals surface area contributed by atoms with Crippen molar-refractivity contribution in [3.05, 3.63) is 24.3 Å². The van der Waals surface area contributed by atoms with E-state index in [0.29, 0.717) is 0 Å². The zero-order chi connectivity index (χ0) is 13.0. The number of rotatable bonds is 6. The average Bonchev–Trinajstić information content (AvgIpc) is 2.77. The van der Waals surface area contributed by atoms with Gasteiger partial charge in [-0.25, -0.2) is 4.98 Å². The Morgan fingerprint density at radius 1 is 1.33 bits per heavy atom. The van der Waals surface area contributed by atoms with Gasteiger partial charge in [-0.2, -0.15) is 0 Å². The van der Waals surface area contributed by atoms with Gasteiger partial charge in [0.25, 0.3) is 0 Å². The number of unbranched alkanes of at least 4 members (excludes halogenated alkanes) is 1. The maximum Gasteiger partial charge on any atom is 0.166 e. The summed E-state index contributed by atoms with van der Waals surface area (Å²) < 4.78 is 5.89. The smallest absolute Gasteiger partial charge is 0.166 e. The van der Waals surface area contributed by atoms with Crippen molar-refractivity contribution in [2.75, 3.05) is 0 Å². The molecule has 1 heterocycles. The van der Waals surface area contributed by atoms with Crippen molar-refractivity contribution in [2.45, 2.75) is 49.9 Å². The fourth-order valence-corrected chi connectivity index (χ4v) is 3.61. The lowest BCUT2D eigenvalue weighted by molar-refractivity contribution is 0.425. The Morgan fingerprint density at radius 2 is 2.11 bits per heavy atom. The lowest BCUT2D eigenvalue weighted by Gasteiger charge is -2.24. The van der Waals surface area contributed by atoms with E-state index in [4.69, 9.17) is 0 Å². The summed E-state index contributed by atoms with van der Waals surface area (Å²) in [7, 11) is 0. The molecule has 0 unspecified atom stereocenters. The van der Waals surface area contributed by atoms with Gasteiger partial charge < -0.3 is 0 Å². The highest BCUT2D eigenvalue weighted by molar-refractivity contribution is 7.99. The SMILES string of the molecule is CCCCC(C)(C)NSc1nc2ccccc2s1. The van der Waals surface area contributed by atoms with Gasteiger partial charge in [0.15, 0.2) is 4.34 Å². The number of hydrogen-bond donors (Lipinski definition) is 1. The van der Waals surface area contributed by atoms with E-state index in [1.165, 1.54) is 24.0 Å². The van der Waals surface area contributed by atoms with E-state index in [1.807, 2.05) is 6.07 Å². The normalized spacial score (nSPS) is 12.2. The first kappa shape index (κ1) is 13.8. The summed E-state index contributed by atoms with van der Waals surface area (Å²) in [6.45, 7) is 6.74. The predicted molar refractivity (Wildman–Crippen MR) is 82.2 cm³/mol. The molecule has 2 rings (SSSR count). The molecule has 4 heteroatoms. The highest BCUT2D eigenvalue weighted by atomic mass is 32.2. The van der Waals surface area contributed by atoms with Crippen molar-refractivity contribution in [3.8, 4) is 0 Å². The molecule has 0 atom stereocenters. The van der Waals surface area contributed by atoms with Crippen LogP contribution in [0.4, 0.5) is 0 Å². The highest BCUT2D eigenvalue weighted by Gasteiger charge is 2.17. The Bertz CT molecular complexity index is 472. The second-order valence-corrected chi connectivity index (χ2v) is 7.22. The van der Waals surface area contributed by atoms with Crippen molar-refractivity contribution in [3.63, 3.8) is 0 Å². The quantitative estimate of drug-likeness (QED) is 0.765. The Hall–Kier alpha value is -0.580. The van der Waals surface area contributed by atoms with Crippen molar-refractivity contribution < 1.29 is 0 Å². The second-order valence-electron chi connectivity index (χ2n) is 5.14. The Morgan fingerprint density at radius 3 is 2.83 bits per heavy atom. The molecule has 18 heavy (non-hydrogen) atoms. The van der Waals surface area contributed by atoms with Crippen molar-refractivity contribution in [2.24, 2.45) is 0 Å². The van der Waals surface area contributed by atoms with Crippen LogP contribution in [0.2, 0.25) is 0 Å². The first-order valence-corrected chi connectivity index (χ1v) is 8.03. The van der Waals surface area contributed by atoms with Gasteiger partial charge in [-0.1, -0.05) is 31.9 Å². The minimum atomic E-state index is 0.165. The number of thiazole rings is 1. The molecule has 2 aromatic rings. The van der Waals surface area contributed by atoms with Crippen LogP contribution in [0, 0.1) is 0 Å². The van der Waals surface area contributed by atoms with Crippen LogP contribution in [0.1, 0.15) is 40.0 Å². The fraction of sp³-hybridized carbons (Fsp3) is 0.500. The third-order valence-corrected chi connectivity index (χ3v) is 5.10. The van der Waals surface area contributed by atoms with Crippen LogP contribution < -0.4 is 4.72 Å². The maximum atomic E-state index is 4.62. The third-order valence-electron chi connectivity index (χ3n) is 2.84. The molecule has 98 valence electrons. The van der Waals surface area contributed by atoms with Gasteiger partial charge in [0, 0.05) is 5.54 Å². The number of aromatic nitrogens is 1. The summed E-state index contributed by atoms with van der Waals surface area (Å²) >= 11 is 3.41. The molecule has 0 spiro atoms. The highest BCUT2D eigenvalue weighted by Crippen LogP contribution is 2.29. The lowest BCUT2D eigenvalue weighted by atomic mass is 9.99. The summed E-state index contributed by atoms with van der Waals surface area (Å²) in [5.74, 6) is 0. The summed E-state index contributed by atoms with van der Waals surface area (Å²) in [5.41, 5.74) is 1.26. The number of fused-ring (bicyclic) bond motifs is 1. The number of benzene rings is 1. The Labute approximate surface area is 117 Å². The van der Waals surface area contributed by atoms with Crippen molar-refractivity contribution in [1.82, 2.24) is 9.71 Å². The van der Waals surface area contributed by atoms with Crippen molar-refractivity contribution >= 4 is 33.5 Å². The summed E-state index contributed by atoms with van der Waals surface area (Å²) in [6.07, 6.45) is 3.71. The fourth-order valence-electron chi connectivity index (χ4n) is 1.75. The van der Waals surface area contributed by atoms with E-state index >= 15 is 0 Å². The van der Waals surface area contributed by atoms with Crippen molar-refractivity contribution in [1.29, 1.82) is 0 Å². The predicted octanol–water partition coefficient (Wildman–Crippen LogP) is 4.86. The maximum absolute atomic E-state index is 4.62. The van der Waals surface area contributed by atoms with Crippen LogP contribution >= 0.6 is 23.3 Å². The molecule has 2 nitrogen and oxygen atoms in total. The first-order chi connectivity index (χ1) is 8.61. The molecule has 1 aromatic heterocycles. The van der Waals surface area contributed by atoms with Crippen LogP contribution in [-0.2, 0) is 0 Å². The monoisotopic (exact) mass is 280 g/mol. The number of hydrogen-bond acceptors (Lipinski definition) is 4. The lowest BCUT2D eigenvalue weighted by Crippen LogP contribution is -2.33. The molecule has 0 bridgehead atoms. The molecule has 0 amide bonds. The molecular formula is C14H20N2S2. The molecule has 0 saturated heterocycles. The minimum absolute atomic E-state index is 0.165. The molecule has 0 fully saturated rings. The van der Waals surface area contributed by atoms with Crippen LogP contribution in [-0.4, -0.2) is 10.5 Å². The van der Waals surface area contributed by atoms with Crippen LogP contribution in [0.25, 0.3) is 10.2 Å². The Kier molecular flexibility index (Phi) is 4.65. The second kappa shape index (κ2) is 6.04. The summed E-state index contributed by atoms with van der Waals surface area (Å²) in [5, 5.41) is 0. The largest absolute Gasteiger partial charge is 0.252 e. The molecular weight excluding hydrogens is 260 g/mol. The van der Waals surface area contributed by atoms with Gasteiger partial charge in [0.2, 0.25) is 0 Å². The molecule has 1 aromatic carbocycles. The zero-order valence-electron chi connectivity index (χ0n) is 11.2. The molecule has 0 aliphatic heterocycles. The van der Waals surface area contributed by atoms with Gasteiger partial charge in [-0.15, -0.1) is 11.3 Å². The van der Waals surface area contributed by atoms with E-state index in [9.17, 15) is 0 Å². The van der Waals surface area contributed by atoms with Gasteiger partial charge in [-0.05, 0) is 44.3 Å². The average molecular weight is 280 g/mol. The van der Waals surface area contributed by atoms with Crippen LogP contribution in [0.5, 0.6) is 0 Å². The Balaban J connectivity index is 1.97. The van der Waals surface area contributed by atoms with Crippen LogP contribution in [0.3, 0.4) is 0 Å². The molecule has 1 N–H and O–H groups in total. The number of para-hydroxylation sites is 1. The number of nitrogens with zero attached hydrogens (tertiary/aromatic N) is 1. The molecule has 0 saturated carbocycles. The summed E-state index contributed by atoms with van der Waals surface area (Å²) in [4.78, 5) is 4.62.